The molecule has 7 aromatic rings. The highest BCUT2D eigenvalue weighted by atomic mass is 16.5. The Labute approximate surface area is 316 Å². The van der Waals surface area contributed by atoms with Crippen LogP contribution in [0, 0.1) is 11.8 Å². The quantitative estimate of drug-likeness (QED) is 0.171. The minimum absolute atomic E-state index is 0.0926. The first-order chi connectivity index (χ1) is 26.5. The molecule has 0 saturated heterocycles. The van der Waals surface area contributed by atoms with Gasteiger partial charge in [-0.2, -0.15) is 0 Å². The summed E-state index contributed by atoms with van der Waals surface area (Å²) in [6.45, 7) is 4.75. The van der Waals surface area contributed by atoms with Crippen molar-refractivity contribution in [3.8, 4) is 44.9 Å². The molecule has 2 heteroatoms. The Kier molecular flexibility index (Phi) is 6.67. The minimum atomic E-state index is -0.0926. The molecule has 3 aliphatic carbocycles. The Morgan fingerprint density at radius 2 is 1.20 bits per heavy atom. The molecule has 54 heavy (non-hydrogen) atoms. The lowest BCUT2D eigenvalue weighted by molar-refractivity contribution is 0.475. The number of hydrogen-bond donors (Lipinski definition) is 0. The first-order valence-electron chi connectivity index (χ1n) is 19.1. The van der Waals surface area contributed by atoms with Gasteiger partial charge in [0, 0.05) is 24.3 Å². The van der Waals surface area contributed by atoms with Crippen molar-refractivity contribution >= 4 is 38.5 Å². The molecule has 0 radical (unpaired) electrons. The summed E-state index contributed by atoms with van der Waals surface area (Å²) in [5.74, 6) is 2.53. The first-order valence-corrected chi connectivity index (χ1v) is 19.1. The van der Waals surface area contributed by atoms with Crippen LogP contribution in [0.3, 0.4) is 0 Å². The topological polar surface area (TPSA) is 12.5 Å². The SMILES string of the molecule is CN1c2ccccc2Oc2ccc(-c3c4ccccc4c(-c4cccc5c4-c4ccccc4C5(C)C)c4cc(C5=CC6C=CC=CC6C=C5)ccc34)cc21. The van der Waals surface area contributed by atoms with Gasteiger partial charge in [-0.1, -0.05) is 153 Å². The predicted molar refractivity (Wildman–Crippen MR) is 227 cm³/mol. The van der Waals surface area contributed by atoms with Crippen LogP contribution in [0.15, 0.2) is 170 Å². The summed E-state index contributed by atoms with van der Waals surface area (Å²) in [5, 5.41) is 5.01. The van der Waals surface area contributed by atoms with Crippen molar-refractivity contribution in [1.29, 1.82) is 0 Å². The Morgan fingerprint density at radius 1 is 0.519 bits per heavy atom. The number of para-hydroxylation sites is 2. The van der Waals surface area contributed by atoms with Crippen LogP contribution in [0.4, 0.5) is 11.4 Å². The number of benzene rings is 7. The number of ether oxygens (including phenoxy) is 1. The minimum Gasteiger partial charge on any atom is -0.453 e. The zero-order chi connectivity index (χ0) is 36.1. The van der Waals surface area contributed by atoms with Crippen LogP contribution in [-0.2, 0) is 5.41 Å². The molecule has 0 saturated carbocycles. The van der Waals surface area contributed by atoms with Crippen molar-refractivity contribution in [3.63, 3.8) is 0 Å². The standard InChI is InChI=1S/C52H39NO/c1-52(2)43-19-9-8-17-40(43)51-41(18-12-20-44(51)52)50-38-16-7-6-15-37(38)49(36-26-28-48-46(31-36)53(3)45-21-10-11-22-47(45)54-48)39-27-25-35(30-42(39)50)34-24-23-32-13-4-5-14-33(32)29-34/h4-33H,1-3H3. The summed E-state index contributed by atoms with van der Waals surface area (Å²) in [7, 11) is 2.14. The third-order valence-electron chi connectivity index (χ3n) is 12.4. The monoisotopic (exact) mass is 693 g/mol. The second-order valence-corrected chi connectivity index (χ2v) is 15.7. The summed E-state index contributed by atoms with van der Waals surface area (Å²) in [5.41, 5.74) is 15.0. The van der Waals surface area contributed by atoms with Gasteiger partial charge in [-0.15, -0.1) is 0 Å². The maximum atomic E-state index is 6.44. The molecule has 2 unspecified atom stereocenters. The normalized spacial score (nSPS) is 18.4. The maximum Gasteiger partial charge on any atom is 0.151 e. The van der Waals surface area contributed by atoms with Gasteiger partial charge in [0.25, 0.3) is 0 Å². The molecule has 11 rings (SSSR count). The molecule has 0 N–H and O–H groups in total. The number of anilines is 2. The molecule has 258 valence electrons. The highest BCUT2D eigenvalue weighted by Crippen LogP contribution is 2.55. The summed E-state index contributed by atoms with van der Waals surface area (Å²) in [6, 6.07) is 47.2. The smallest absolute Gasteiger partial charge is 0.151 e. The second-order valence-electron chi connectivity index (χ2n) is 15.7. The fourth-order valence-corrected chi connectivity index (χ4v) is 9.68. The zero-order valence-corrected chi connectivity index (χ0v) is 30.7. The van der Waals surface area contributed by atoms with Crippen LogP contribution in [0.2, 0.25) is 0 Å². The molecule has 1 heterocycles. The van der Waals surface area contributed by atoms with Crippen LogP contribution in [-0.4, -0.2) is 7.05 Å². The van der Waals surface area contributed by atoms with Gasteiger partial charge < -0.3 is 9.64 Å². The molecule has 7 aromatic carbocycles. The summed E-state index contributed by atoms with van der Waals surface area (Å²) >= 11 is 0. The van der Waals surface area contributed by atoms with E-state index in [1.165, 1.54) is 77.2 Å². The van der Waals surface area contributed by atoms with Crippen molar-refractivity contribution in [2.45, 2.75) is 19.3 Å². The van der Waals surface area contributed by atoms with E-state index in [1.807, 2.05) is 12.1 Å². The van der Waals surface area contributed by atoms with Gasteiger partial charge in [0.1, 0.15) is 0 Å². The van der Waals surface area contributed by atoms with E-state index in [0.717, 1.165) is 22.9 Å². The Morgan fingerprint density at radius 3 is 2.09 bits per heavy atom. The third-order valence-corrected chi connectivity index (χ3v) is 12.4. The van der Waals surface area contributed by atoms with E-state index >= 15 is 0 Å². The van der Waals surface area contributed by atoms with Crippen LogP contribution in [0.5, 0.6) is 11.5 Å². The van der Waals surface area contributed by atoms with Gasteiger partial charge in [0.2, 0.25) is 0 Å². The predicted octanol–water partition coefficient (Wildman–Crippen LogP) is 13.8. The molecule has 0 bridgehead atoms. The molecular weight excluding hydrogens is 655 g/mol. The van der Waals surface area contributed by atoms with E-state index in [-0.39, 0.29) is 5.41 Å². The van der Waals surface area contributed by atoms with Gasteiger partial charge in [-0.25, -0.2) is 0 Å². The lowest BCUT2D eigenvalue weighted by atomic mass is 9.79. The van der Waals surface area contributed by atoms with Gasteiger partial charge in [0.05, 0.1) is 11.4 Å². The zero-order valence-electron chi connectivity index (χ0n) is 30.7. The van der Waals surface area contributed by atoms with Crippen LogP contribution < -0.4 is 9.64 Å². The van der Waals surface area contributed by atoms with Gasteiger partial charge in [0.15, 0.2) is 11.5 Å². The molecule has 2 nitrogen and oxygen atoms in total. The van der Waals surface area contributed by atoms with Crippen LogP contribution in [0.1, 0.15) is 30.5 Å². The highest BCUT2D eigenvalue weighted by molar-refractivity contribution is 6.23. The van der Waals surface area contributed by atoms with Crippen LogP contribution >= 0.6 is 0 Å². The van der Waals surface area contributed by atoms with E-state index in [2.05, 4.69) is 184 Å². The lowest BCUT2D eigenvalue weighted by Crippen LogP contribution is -2.15. The average Bonchev–Trinajstić information content (AvgIpc) is 3.45. The van der Waals surface area contributed by atoms with E-state index in [1.54, 1.807) is 0 Å². The van der Waals surface area contributed by atoms with Crippen molar-refractivity contribution in [1.82, 2.24) is 0 Å². The summed E-state index contributed by atoms with van der Waals surface area (Å²) in [4.78, 5) is 2.25. The van der Waals surface area contributed by atoms with Crippen molar-refractivity contribution in [2.75, 3.05) is 11.9 Å². The number of nitrogens with zero attached hydrogens (tertiary/aromatic N) is 1. The third kappa shape index (κ3) is 4.47. The summed E-state index contributed by atoms with van der Waals surface area (Å²) in [6.07, 6.45) is 16.1. The molecule has 0 fully saturated rings. The molecule has 4 aliphatic rings. The molecule has 0 spiro atoms. The number of fused-ring (bicyclic) bond motifs is 8. The van der Waals surface area contributed by atoms with Crippen LogP contribution in [0.25, 0.3) is 60.5 Å². The Balaban J connectivity index is 1.21. The van der Waals surface area contributed by atoms with Gasteiger partial charge in [-0.3, -0.25) is 0 Å². The second kappa shape index (κ2) is 11.6. The number of rotatable bonds is 3. The fraction of sp³-hybridized carbons (Fsp3) is 0.115. The Bertz CT molecular complexity index is 2860. The van der Waals surface area contributed by atoms with Crippen molar-refractivity contribution in [2.24, 2.45) is 11.8 Å². The van der Waals surface area contributed by atoms with E-state index < -0.39 is 0 Å². The molecule has 1 aliphatic heterocycles. The maximum absolute atomic E-state index is 6.44. The van der Waals surface area contributed by atoms with Gasteiger partial charge >= 0.3 is 0 Å². The summed E-state index contributed by atoms with van der Waals surface area (Å²) < 4.78 is 6.44. The molecule has 2 atom stereocenters. The largest absolute Gasteiger partial charge is 0.453 e. The lowest BCUT2D eigenvalue weighted by Gasteiger charge is -2.30. The molecule has 0 amide bonds. The Hall–Kier alpha value is -6.38. The van der Waals surface area contributed by atoms with Gasteiger partial charge in [-0.05, 0) is 108 Å². The highest BCUT2D eigenvalue weighted by Gasteiger charge is 2.37. The van der Waals surface area contributed by atoms with E-state index in [0.29, 0.717) is 11.8 Å². The molecule has 0 aromatic heterocycles. The number of allylic oxidation sites excluding steroid dienone is 8. The first kappa shape index (κ1) is 31.2. The van der Waals surface area contributed by atoms with Crippen molar-refractivity contribution in [3.05, 3.63) is 187 Å². The average molecular weight is 694 g/mol. The van der Waals surface area contributed by atoms with E-state index in [9.17, 15) is 0 Å². The van der Waals surface area contributed by atoms with Crippen molar-refractivity contribution < 1.29 is 4.74 Å². The van der Waals surface area contributed by atoms with E-state index in [4.69, 9.17) is 4.74 Å². The number of hydrogen-bond acceptors (Lipinski definition) is 2. The molecular formula is C52H39NO. The fourth-order valence-electron chi connectivity index (χ4n) is 9.68.